The summed E-state index contributed by atoms with van der Waals surface area (Å²) in [5.74, 6) is 3.90. The molecule has 0 aromatic heterocycles. The third-order valence-electron chi connectivity index (χ3n) is 13.4. The molecular weight excluding hydrogens is 376 g/mol. The smallest absolute Gasteiger partial charge is 0.0594 e. The number of hydrogen-bond donors (Lipinski definition) is 1. The average Bonchev–Trinajstić information content (AvgIpc) is 2.69. The summed E-state index contributed by atoms with van der Waals surface area (Å²) in [5.41, 5.74) is 3.60. The van der Waals surface area contributed by atoms with E-state index in [4.69, 9.17) is 0 Å². The molecule has 1 heteroatoms. The van der Waals surface area contributed by atoms with Crippen molar-refractivity contribution in [1.82, 2.24) is 0 Å². The predicted molar refractivity (Wildman–Crippen MR) is 131 cm³/mol. The van der Waals surface area contributed by atoms with Crippen LogP contribution in [-0.2, 0) is 0 Å². The molecule has 0 amide bonds. The van der Waals surface area contributed by atoms with E-state index in [1.165, 1.54) is 51.4 Å². The molecule has 1 N–H and O–H groups in total. The van der Waals surface area contributed by atoms with Crippen LogP contribution in [0.4, 0.5) is 0 Å². The molecule has 0 heterocycles. The molecule has 0 saturated heterocycles. The molecule has 0 bridgehead atoms. The van der Waals surface area contributed by atoms with Crippen molar-refractivity contribution >= 4 is 0 Å². The van der Waals surface area contributed by atoms with Crippen LogP contribution >= 0.6 is 0 Å². The highest BCUT2D eigenvalue weighted by Gasteiger charge is 2.67. The van der Waals surface area contributed by atoms with Crippen LogP contribution in [0.5, 0.6) is 0 Å². The molecule has 0 aromatic carbocycles. The van der Waals surface area contributed by atoms with Gasteiger partial charge < -0.3 is 5.11 Å². The van der Waals surface area contributed by atoms with E-state index in [1.54, 1.807) is 0 Å². The van der Waals surface area contributed by atoms with Crippen molar-refractivity contribution < 1.29 is 5.11 Å². The Labute approximate surface area is 192 Å². The monoisotopic (exact) mass is 426 g/mol. The molecule has 5 aliphatic carbocycles. The van der Waals surface area contributed by atoms with Crippen molar-refractivity contribution in [3.05, 3.63) is 11.6 Å². The molecule has 0 radical (unpaired) electrons. The summed E-state index contributed by atoms with van der Waals surface area (Å²) in [6.07, 6.45) is 14.5. The summed E-state index contributed by atoms with van der Waals surface area (Å²) in [6.45, 7) is 20.5. The van der Waals surface area contributed by atoms with Crippen LogP contribution < -0.4 is 0 Å². The molecule has 1 nitrogen and oxygen atoms in total. The summed E-state index contributed by atoms with van der Waals surface area (Å²) >= 11 is 0. The van der Waals surface area contributed by atoms with Gasteiger partial charge in [-0.1, -0.05) is 67.0 Å². The normalized spacial score (nSPS) is 58.3. The molecule has 0 aliphatic heterocycles. The van der Waals surface area contributed by atoms with E-state index >= 15 is 0 Å². The Hall–Kier alpha value is -0.300. The van der Waals surface area contributed by atoms with Crippen molar-refractivity contribution in [2.24, 2.45) is 56.7 Å². The van der Waals surface area contributed by atoms with Crippen LogP contribution in [0.1, 0.15) is 113 Å². The van der Waals surface area contributed by atoms with Gasteiger partial charge in [0, 0.05) is 0 Å². The van der Waals surface area contributed by atoms with Gasteiger partial charge in [0.1, 0.15) is 0 Å². The van der Waals surface area contributed by atoms with Gasteiger partial charge in [-0.05, 0) is 114 Å². The molecule has 31 heavy (non-hydrogen) atoms. The third-order valence-corrected chi connectivity index (χ3v) is 13.4. The van der Waals surface area contributed by atoms with E-state index in [-0.39, 0.29) is 11.5 Å². The zero-order chi connectivity index (χ0) is 22.6. The molecule has 5 rings (SSSR count). The second-order valence-electron chi connectivity index (χ2n) is 14.7. The van der Waals surface area contributed by atoms with E-state index in [0.29, 0.717) is 27.6 Å². The molecule has 176 valence electrons. The van der Waals surface area contributed by atoms with Gasteiger partial charge in [-0.2, -0.15) is 0 Å². The largest absolute Gasteiger partial charge is 0.393 e. The van der Waals surface area contributed by atoms with Crippen LogP contribution in [0.25, 0.3) is 0 Å². The fourth-order valence-electron chi connectivity index (χ4n) is 10.8. The molecule has 0 spiro atoms. The standard InChI is InChI=1S/C30H50O/c1-19-11-14-27(5)17-18-29(7)21(25(27)20(19)2)9-10-23-28(6)15-13-24(31)26(3,4)22(28)12-16-30(23,29)8/h9,19-20,22-25,31H,10-18H2,1-8H3/t19-,20+,22-,23-,24+,25-,27-,28+,29-,30-/m1/s1. The van der Waals surface area contributed by atoms with Crippen LogP contribution in [0.2, 0.25) is 0 Å². The maximum Gasteiger partial charge on any atom is 0.0594 e. The molecule has 4 saturated carbocycles. The first kappa shape index (κ1) is 22.5. The second kappa shape index (κ2) is 6.64. The first-order valence-electron chi connectivity index (χ1n) is 13.7. The zero-order valence-electron chi connectivity index (χ0n) is 21.9. The Morgan fingerprint density at radius 1 is 0.806 bits per heavy atom. The first-order valence-corrected chi connectivity index (χ1v) is 13.7. The first-order chi connectivity index (χ1) is 14.3. The van der Waals surface area contributed by atoms with Crippen molar-refractivity contribution in [2.75, 3.05) is 0 Å². The van der Waals surface area contributed by atoms with E-state index < -0.39 is 0 Å². The maximum absolute atomic E-state index is 10.9. The number of aliphatic hydroxyl groups is 1. The lowest BCUT2D eigenvalue weighted by atomic mass is 9.33. The van der Waals surface area contributed by atoms with Gasteiger partial charge in [0.15, 0.2) is 0 Å². The highest BCUT2D eigenvalue weighted by atomic mass is 16.3. The number of hydrogen-bond acceptors (Lipinski definition) is 1. The van der Waals surface area contributed by atoms with Crippen LogP contribution in [0, 0.1) is 56.7 Å². The third kappa shape index (κ3) is 2.65. The second-order valence-corrected chi connectivity index (χ2v) is 14.7. The van der Waals surface area contributed by atoms with Gasteiger partial charge in [0.25, 0.3) is 0 Å². The highest BCUT2D eigenvalue weighted by molar-refractivity contribution is 5.33. The predicted octanol–water partition coefficient (Wildman–Crippen LogP) is 8.02. The van der Waals surface area contributed by atoms with Crippen molar-refractivity contribution in [2.45, 2.75) is 119 Å². The van der Waals surface area contributed by atoms with E-state index in [2.05, 4.69) is 61.5 Å². The van der Waals surface area contributed by atoms with E-state index in [9.17, 15) is 5.11 Å². The Kier molecular flexibility index (Phi) is 4.82. The van der Waals surface area contributed by atoms with E-state index in [0.717, 1.165) is 30.1 Å². The molecule has 4 fully saturated rings. The van der Waals surface area contributed by atoms with Gasteiger partial charge in [-0.15, -0.1) is 0 Å². The SMILES string of the molecule is C[C@H]1[C@H](C)CC[C@]2(C)CC[C@]3(C)C(=CC[C@@H]4[C@@]5(C)CC[C@H](O)C(C)(C)[C@H]5CC[C@]43C)[C@@H]12. The summed E-state index contributed by atoms with van der Waals surface area (Å²) in [4.78, 5) is 0. The fraction of sp³-hybridized carbons (Fsp3) is 0.933. The molecule has 5 aliphatic rings. The van der Waals surface area contributed by atoms with Crippen molar-refractivity contribution in [3.8, 4) is 0 Å². The summed E-state index contributed by atoms with van der Waals surface area (Å²) in [5, 5.41) is 10.9. The van der Waals surface area contributed by atoms with Crippen LogP contribution in [0.15, 0.2) is 11.6 Å². The number of aliphatic hydroxyl groups excluding tert-OH is 1. The quantitative estimate of drug-likeness (QED) is 0.389. The fourth-order valence-corrected chi connectivity index (χ4v) is 10.8. The van der Waals surface area contributed by atoms with Gasteiger partial charge in [-0.25, -0.2) is 0 Å². The van der Waals surface area contributed by atoms with Crippen molar-refractivity contribution in [1.29, 1.82) is 0 Å². The lowest BCUT2D eigenvalue weighted by Crippen LogP contribution is -2.64. The summed E-state index contributed by atoms with van der Waals surface area (Å²) in [7, 11) is 0. The zero-order valence-corrected chi connectivity index (χ0v) is 21.9. The molecule has 0 unspecified atom stereocenters. The summed E-state index contributed by atoms with van der Waals surface area (Å²) < 4.78 is 0. The topological polar surface area (TPSA) is 20.2 Å². The Morgan fingerprint density at radius 3 is 2.23 bits per heavy atom. The minimum absolute atomic E-state index is 0.0533. The Bertz CT molecular complexity index is 779. The maximum atomic E-state index is 10.9. The molecule has 0 aromatic rings. The highest BCUT2D eigenvalue weighted by Crippen LogP contribution is 2.75. The van der Waals surface area contributed by atoms with Gasteiger partial charge in [0.05, 0.1) is 6.10 Å². The number of allylic oxidation sites excluding steroid dienone is 2. The van der Waals surface area contributed by atoms with Crippen LogP contribution in [0.3, 0.4) is 0 Å². The van der Waals surface area contributed by atoms with Gasteiger partial charge >= 0.3 is 0 Å². The Morgan fingerprint density at radius 2 is 1.52 bits per heavy atom. The number of rotatable bonds is 0. The number of fused-ring (bicyclic) bond motifs is 7. The Balaban J connectivity index is 1.59. The van der Waals surface area contributed by atoms with Gasteiger partial charge in [0.2, 0.25) is 0 Å². The minimum atomic E-state index is -0.125. The van der Waals surface area contributed by atoms with Gasteiger partial charge in [-0.3, -0.25) is 0 Å². The lowest BCUT2D eigenvalue weighted by molar-refractivity contribution is -0.203. The molecule has 10 atom stereocenters. The van der Waals surface area contributed by atoms with Crippen LogP contribution in [-0.4, -0.2) is 11.2 Å². The summed E-state index contributed by atoms with van der Waals surface area (Å²) in [6, 6.07) is 0. The van der Waals surface area contributed by atoms with Crippen molar-refractivity contribution in [3.63, 3.8) is 0 Å². The lowest BCUT2D eigenvalue weighted by Gasteiger charge is -2.71. The average molecular weight is 427 g/mol. The molecular formula is C30H50O. The minimum Gasteiger partial charge on any atom is -0.393 e. The van der Waals surface area contributed by atoms with E-state index in [1.807, 2.05) is 5.57 Å².